The molecule has 0 atom stereocenters. The zero-order valence-electron chi connectivity index (χ0n) is 12.5. The fourth-order valence-corrected chi connectivity index (χ4v) is 4.04. The number of benzene rings is 2. The van der Waals surface area contributed by atoms with Gasteiger partial charge in [0.15, 0.2) is 0 Å². The first-order chi connectivity index (χ1) is 11.5. The number of phenolic OH excluding ortho intramolecular Hbond substituents is 1. The zero-order chi connectivity index (χ0) is 17.3. The van der Waals surface area contributed by atoms with Gasteiger partial charge in [0.2, 0.25) is 0 Å². The third-order valence-corrected chi connectivity index (χ3v) is 5.50. The van der Waals surface area contributed by atoms with E-state index >= 15 is 0 Å². The number of rotatable bonds is 3. The molecular weight excluding hydrogens is 412 g/mol. The number of aryl methyl sites for hydroxylation is 1. The predicted molar refractivity (Wildman–Crippen MR) is 102 cm³/mol. The van der Waals surface area contributed by atoms with Crippen molar-refractivity contribution in [2.45, 2.75) is 6.92 Å². The van der Waals surface area contributed by atoms with Crippen LogP contribution in [0.1, 0.15) is 20.8 Å². The number of hydrogen-bond donors (Lipinski definition) is 2. The minimum absolute atomic E-state index is 0.0755. The van der Waals surface area contributed by atoms with Gasteiger partial charge >= 0.3 is 0 Å². The molecule has 0 aliphatic carbocycles. The molecule has 3 aromatic rings. The number of aromatic hydroxyl groups is 1. The van der Waals surface area contributed by atoms with Gasteiger partial charge in [0.05, 0.1) is 11.2 Å². The molecule has 122 valence electrons. The maximum atomic E-state index is 12.3. The van der Waals surface area contributed by atoms with Crippen molar-refractivity contribution in [1.82, 2.24) is 5.43 Å². The van der Waals surface area contributed by atoms with Crippen LogP contribution in [0.3, 0.4) is 0 Å². The Kier molecular flexibility index (Phi) is 4.89. The Morgan fingerprint density at radius 1 is 1.33 bits per heavy atom. The number of amides is 1. The number of hydrogen-bond acceptors (Lipinski definition) is 4. The highest BCUT2D eigenvalue weighted by molar-refractivity contribution is 9.10. The summed E-state index contributed by atoms with van der Waals surface area (Å²) in [7, 11) is 0. The first kappa shape index (κ1) is 17.0. The van der Waals surface area contributed by atoms with Crippen LogP contribution in [0.4, 0.5) is 0 Å². The van der Waals surface area contributed by atoms with Gasteiger partial charge in [-0.3, -0.25) is 4.79 Å². The summed E-state index contributed by atoms with van der Waals surface area (Å²) >= 11 is 10.9. The Morgan fingerprint density at radius 2 is 2.12 bits per heavy atom. The first-order valence-corrected chi connectivity index (χ1v) is 8.95. The molecule has 0 fully saturated rings. The van der Waals surface area contributed by atoms with Gasteiger partial charge < -0.3 is 5.11 Å². The lowest BCUT2D eigenvalue weighted by Crippen LogP contribution is -2.16. The third-order valence-electron chi connectivity index (χ3n) is 3.35. The standard InChI is InChI=1S/C17H12BrClN2O2S/c1-9-2-4-12-14(6-9)24-16(15(12)19)17(23)21-20-8-10-7-11(18)3-5-13(10)22/h2-8,22H,1H3,(H,21,23)/b20-8+. The van der Waals surface area contributed by atoms with Gasteiger partial charge in [-0.1, -0.05) is 39.7 Å². The van der Waals surface area contributed by atoms with Gasteiger partial charge in [0, 0.05) is 20.1 Å². The molecule has 2 aromatic carbocycles. The van der Waals surface area contributed by atoms with Crippen molar-refractivity contribution in [3.8, 4) is 5.75 Å². The summed E-state index contributed by atoms with van der Waals surface area (Å²) in [5.74, 6) is -0.309. The van der Waals surface area contributed by atoms with E-state index in [9.17, 15) is 9.90 Å². The van der Waals surface area contributed by atoms with Crippen molar-refractivity contribution < 1.29 is 9.90 Å². The van der Waals surface area contributed by atoms with E-state index in [1.54, 1.807) is 18.2 Å². The summed E-state index contributed by atoms with van der Waals surface area (Å²) in [6.07, 6.45) is 1.38. The molecule has 2 N–H and O–H groups in total. The molecule has 0 aliphatic heterocycles. The first-order valence-electron chi connectivity index (χ1n) is 6.96. The van der Waals surface area contributed by atoms with Crippen LogP contribution in [0.25, 0.3) is 10.1 Å². The number of phenols is 1. The molecule has 0 saturated carbocycles. The van der Waals surface area contributed by atoms with E-state index in [0.717, 1.165) is 20.1 Å². The highest BCUT2D eigenvalue weighted by Crippen LogP contribution is 2.35. The summed E-state index contributed by atoms with van der Waals surface area (Å²) in [5.41, 5.74) is 4.04. The number of carbonyl (C=O) groups excluding carboxylic acids is 1. The van der Waals surface area contributed by atoms with E-state index in [4.69, 9.17) is 11.6 Å². The molecule has 1 amide bonds. The number of hydrazone groups is 1. The fraction of sp³-hybridized carbons (Fsp3) is 0.0588. The molecule has 0 bridgehead atoms. The SMILES string of the molecule is Cc1ccc2c(Cl)c(C(=O)N/N=C/c3cc(Br)ccc3O)sc2c1. The topological polar surface area (TPSA) is 61.7 Å². The molecule has 3 rings (SSSR count). The van der Waals surface area contributed by atoms with Crippen LogP contribution < -0.4 is 5.43 Å². The van der Waals surface area contributed by atoms with Gasteiger partial charge in [-0.25, -0.2) is 5.43 Å². The lowest BCUT2D eigenvalue weighted by molar-refractivity contribution is 0.0959. The lowest BCUT2D eigenvalue weighted by atomic mass is 10.2. The van der Waals surface area contributed by atoms with Crippen LogP contribution in [0.5, 0.6) is 5.75 Å². The highest BCUT2D eigenvalue weighted by atomic mass is 79.9. The molecule has 0 spiro atoms. The molecule has 24 heavy (non-hydrogen) atoms. The van der Waals surface area contributed by atoms with Crippen LogP contribution >= 0.6 is 38.9 Å². The summed E-state index contributed by atoms with van der Waals surface area (Å²) in [4.78, 5) is 12.7. The summed E-state index contributed by atoms with van der Waals surface area (Å²) in [5, 5.41) is 14.9. The minimum Gasteiger partial charge on any atom is -0.507 e. The summed E-state index contributed by atoms with van der Waals surface area (Å²) in [6.45, 7) is 1.99. The minimum atomic E-state index is -0.385. The van der Waals surface area contributed by atoms with Crippen molar-refractivity contribution in [3.05, 3.63) is 61.9 Å². The highest BCUT2D eigenvalue weighted by Gasteiger charge is 2.16. The molecule has 0 radical (unpaired) electrons. The second-order valence-electron chi connectivity index (χ2n) is 5.15. The van der Waals surface area contributed by atoms with Crippen molar-refractivity contribution in [3.63, 3.8) is 0 Å². The maximum Gasteiger partial charge on any atom is 0.283 e. The van der Waals surface area contributed by atoms with E-state index in [0.29, 0.717) is 15.5 Å². The summed E-state index contributed by atoms with van der Waals surface area (Å²) < 4.78 is 1.76. The Bertz CT molecular complexity index is 969. The molecule has 1 heterocycles. The van der Waals surface area contributed by atoms with Crippen LogP contribution in [0, 0.1) is 6.92 Å². The Labute approximate surface area is 155 Å². The van der Waals surface area contributed by atoms with Crippen molar-refractivity contribution in [1.29, 1.82) is 0 Å². The average Bonchev–Trinajstić information content (AvgIpc) is 2.87. The fourth-order valence-electron chi connectivity index (χ4n) is 2.16. The second-order valence-corrected chi connectivity index (χ2v) is 7.49. The smallest absolute Gasteiger partial charge is 0.283 e. The van der Waals surface area contributed by atoms with Crippen LogP contribution in [0.2, 0.25) is 5.02 Å². The number of nitrogens with one attached hydrogen (secondary N) is 1. The number of fused-ring (bicyclic) bond motifs is 1. The monoisotopic (exact) mass is 422 g/mol. The van der Waals surface area contributed by atoms with E-state index in [1.165, 1.54) is 17.6 Å². The molecule has 1 aromatic heterocycles. The van der Waals surface area contributed by atoms with Gasteiger partial charge in [-0.05, 0) is 36.8 Å². The predicted octanol–water partition coefficient (Wildman–Crippen LogP) is 5.10. The van der Waals surface area contributed by atoms with Gasteiger partial charge in [-0.2, -0.15) is 5.10 Å². The Hall–Kier alpha value is -1.89. The number of nitrogens with zero attached hydrogens (tertiary/aromatic N) is 1. The molecule has 0 saturated heterocycles. The average molecular weight is 424 g/mol. The van der Waals surface area contributed by atoms with E-state index in [1.807, 2.05) is 25.1 Å². The van der Waals surface area contributed by atoms with Gasteiger partial charge in [0.25, 0.3) is 5.91 Å². The molecule has 7 heteroatoms. The zero-order valence-corrected chi connectivity index (χ0v) is 15.7. The quantitative estimate of drug-likeness (QED) is 0.455. The van der Waals surface area contributed by atoms with Crippen molar-refractivity contribution in [2.24, 2.45) is 5.10 Å². The largest absolute Gasteiger partial charge is 0.507 e. The van der Waals surface area contributed by atoms with Crippen LogP contribution in [-0.2, 0) is 0 Å². The van der Waals surface area contributed by atoms with Crippen LogP contribution in [-0.4, -0.2) is 17.2 Å². The molecular formula is C17H12BrClN2O2S. The second kappa shape index (κ2) is 6.93. The Morgan fingerprint density at radius 3 is 2.92 bits per heavy atom. The Balaban J connectivity index is 1.81. The van der Waals surface area contributed by atoms with Gasteiger partial charge in [-0.15, -0.1) is 11.3 Å². The molecule has 0 unspecified atom stereocenters. The third kappa shape index (κ3) is 3.45. The van der Waals surface area contributed by atoms with E-state index in [-0.39, 0.29) is 11.7 Å². The normalized spacial score (nSPS) is 11.3. The number of halogens is 2. The van der Waals surface area contributed by atoms with Gasteiger partial charge in [0.1, 0.15) is 10.6 Å². The summed E-state index contributed by atoms with van der Waals surface area (Å²) in [6, 6.07) is 10.8. The molecule has 4 nitrogen and oxygen atoms in total. The lowest BCUT2D eigenvalue weighted by Gasteiger charge is -2.00. The molecule has 0 aliphatic rings. The van der Waals surface area contributed by atoms with E-state index in [2.05, 4.69) is 26.5 Å². The van der Waals surface area contributed by atoms with Crippen molar-refractivity contribution >= 4 is 61.1 Å². The van der Waals surface area contributed by atoms with Crippen LogP contribution in [0.15, 0.2) is 46.0 Å². The number of thiophene rings is 1. The number of carbonyl (C=O) groups is 1. The van der Waals surface area contributed by atoms with E-state index < -0.39 is 0 Å². The van der Waals surface area contributed by atoms with Crippen molar-refractivity contribution in [2.75, 3.05) is 0 Å². The maximum absolute atomic E-state index is 12.3.